The monoisotopic (exact) mass is 278 g/mol. The summed E-state index contributed by atoms with van der Waals surface area (Å²) < 4.78 is 30.1. The molecule has 1 heterocycles. The van der Waals surface area contributed by atoms with Crippen molar-refractivity contribution in [2.45, 2.75) is 11.3 Å². The van der Waals surface area contributed by atoms with E-state index in [1.807, 2.05) is 0 Å². The zero-order valence-electron chi connectivity index (χ0n) is 9.01. The van der Waals surface area contributed by atoms with Crippen LogP contribution in [0, 0.1) is 0 Å². The van der Waals surface area contributed by atoms with Crippen molar-refractivity contribution < 1.29 is 17.9 Å². The van der Waals surface area contributed by atoms with Crippen molar-refractivity contribution >= 4 is 27.6 Å². The fourth-order valence-electron chi connectivity index (χ4n) is 1.03. The van der Waals surface area contributed by atoms with Crippen molar-refractivity contribution in [2.24, 2.45) is 0 Å². The lowest BCUT2D eigenvalue weighted by atomic mass is 10.4. The molecule has 0 aromatic carbocycles. The Kier molecular flexibility index (Phi) is 4.86. The quantitative estimate of drug-likeness (QED) is 0.796. The van der Waals surface area contributed by atoms with Gasteiger partial charge in [0.05, 0.1) is 18.6 Å². The average Bonchev–Trinajstić information content (AvgIpc) is 2.28. The molecule has 0 aliphatic carbocycles. The Bertz CT molecular complexity index is 503. The zero-order valence-corrected chi connectivity index (χ0v) is 10.6. The molecular weight excluding hydrogens is 268 g/mol. The molecular formula is C9H11ClN2O4S. The van der Waals surface area contributed by atoms with Crippen molar-refractivity contribution in [1.29, 1.82) is 0 Å². The minimum Gasteiger partial charge on any atom is -0.469 e. The summed E-state index contributed by atoms with van der Waals surface area (Å²) in [4.78, 5) is 14.4. The molecule has 0 spiro atoms. The van der Waals surface area contributed by atoms with Gasteiger partial charge in [0.2, 0.25) is 10.0 Å². The Morgan fingerprint density at radius 1 is 1.59 bits per heavy atom. The summed E-state index contributed by atoms with van der Waals surface area (Å²) in [7, 11) is -2.52. The average molecular weight is 279 g/mol. The summed E-state index contributed by atoms with van der Waals surface area (Å²) in [5, 5.41) is 0.0746. The third-order valence-electron chi connectivity index (χ3n) is 1.87. The first-order valence-corrected chi connectivity index (χ1v) is 6.49. The lowest BCUT2D eigenvalue weighted by Gasteiger charge is -2.06. The number of hydrogen-bond donors (Lipinski definition) is 1. The number of aromatic nitrogens is 1. The smallest absolute Gasteiger partial charge is 0.306 e. The lowest BCUT2D eigenvalue weighted by Crippen LogP contribution is -2.26. The van der Waals surface area contributed by atoms with Crippen LogP contribution in [0.25, 0.3) is 0 Å². The second-order valence-corrected chi connectivity index (χ2v) is 5.17. The lowest BCUT2D eigenvalue weighted by molar-refractivity contribution is -0.140. The molecule has 0 radical (unpaired) electrons. The Balaban J connectivity index is 2.70. The number of nitrogens with zero attached hydrogens (tertiary/aromatic N) is 1. The van der Waals surface area contributed by atoms with Gasteiger partial charge in [0.1, 0.15) is 4.90 Å². The van der Waals surface area contributed by atoms with E-state index in [1.165, 1.54) is 19.4 Å². The molecule has 1 aromatic heterocycles. The Morgan fingerprint density at radius 3 is 2.88 bits per heavy atom. The van der Waals surface area contributed by atoms with Crippen LogP contribution in [0.5, 0.6) is 0 Å². The molecule has 1 aromatic rings. The van der Waals surface area contributed by atoms with Crippen molar-refractivity contribution in [3.63, 3.8) is 0 Å². The van der Waals surface area contributed by atoms with E-state index in [9.17, 15) is 13.2 Å². The second-order valence-electron chi connectivity index (χ2n) is 3.03. The van der Waals surface area contributed by atoms with Crippen molar-refractivity contribution in [3.05, 3.63) is 23.5 Å². The molecule has 0 saturated heterocycles. The van der Waals surface area contributed by atoms with Crippen LogP contribution in [0.15, 0.2) is 23.4 Å². The molecule has 0 saturated carbocycles. The number of methoxy groups -OCH3 is 1. The van der Waals surface area contributed by atoms with Gasteiger partial charge in [-0.1, -0.05) is 11.6 Å². The summed E-state index contributed by atoms with van der Waals surface area (Å²) in [5.41, 5.74) is 0. The van der Waals surface area contributed by atoms with Crippen LogP contribution in [0.1, 0.15) is 6.42 Å². The number of rotatable bonds is 5. The third kappa shape index (κ3) is 3.95. The fourth-order valence-corrected chi connectivity index (χ4v) is 2.49. The molecule has 0 unspecified atom stereocenters. The number of hydrogen-bond acceptors (Lipinski definition) is 5. The molecule has 0 bridgehead atoms. The van der Waals surface area contributed by atoms with E-state index in [0.29, 0.717) is 0 Å². The first kappa shape index (κ1) is 13.9. The van der Waals surface area contributed by atoms with Crippen LogP contribution in [0.3, 0.4) is 0 Å². The molecule has 1 N–H and O–H groups in total. The Labute approximate surface area is 104 Å². The Hall–Kier alpha value is -1.18. The van der Waals surface area contributed by atoms with Gasteiger partial charge in [-0.15, -0.1) is 0 Å². The van der Waals surface area contributed by atoms with Crippen molar-refractivity contribution in [3.8, 4) is 0 Å². The van der Waals surface area contributed by atoms with E-state index in [4.69, 9.17) is 11.6 Å². The van der Waals surface area contributed by atoms with Crippen LogP contribution in [-0.2, 0) is 19.6 Å². The molecule has 0 atom stereocenters. The summed E-state index contributed by atoms with van der Waals surface area (Å²) in [5.74, 6) is -0.495. The summed E-state index contributed by atoms with van der Waals surface area (Å²) in [6, 6.07) is 1.37. The zero-order chi connectivity index (χ0) is 12.9. The van der Waals surface area contributed by atoms with E-state index >= 15 is 0 Å². The van der Waals surface area contributed by atoms with Gasteiger partial charge in [0, 0.05) is 18.9 Å². The van der Waals surface area contributed by atoms with Crippen molar-refractivity contribution in [1.82, 2.24) is 9.71 Å². The number of pyridine rings is 1. The largest absolute Gasteiger partial charge is 0.469 e. The summed E-state index contributed by atoms with van der Waals surface area (Å²) in [6.07, 6.45) is 2.48. The van der Waals surface area contributed by atoms with Gasteiger partial charge in [-0.3, -0.25) is 9.78 Å². The number of carbonyl (C=O) groups is 1. The van der Waals surface area contributed by atoms with Gasteiger partial charge >= 0.3 is 5.97 Å². The highest BCUT2D eigenvalue weighted by atomic mass is 35.5. The summed E-state index contributed by atoms with van der Waals surface area (Å²) in [6.45, 7) is -0.0553. The highest BCUT2D eigenvalue weighted by Crippen LogP contribution is 2.18. The summed E-state index contributed by atoms with van der Waals surface area (Å²) >= 11 is 5.73. The first-order valence-electron chi connectivity index (χ1n) is 4.63. The Morgan fingerprint density at radius 2 is 2.29 bits per heavy atom. The van der Waals surface area contributed by atoms with Crippen LogP contribution in [0.2, 0.25) is 5.02 Å². The number of ether oxygens (including phenoxy) is 1. The minimum atomic E-state index is -3.75. The van der Waals surface area contributed by atoms with Gasteiger partial charge in [-0.05, 0) is 6.07 Å². The molecule has 1 rings (SSSR count). The van der Waals surface area contributed by atoms with E-state index in [0.717, 1.165) is 6.20 Å². The predicted molar refractivity (Wildman–Crippen MR) is 61.1 cm³/mol. The third-order valence-corrected chi connectivity index (χ3v) is 3.80. The number of halogens is 1. The van der Waals surface area contributed by atoms with Crippen LogP contribution in [-0.4, -0.2) is 33.0 Å². The first-order chi connectivity index (χ1) is 7.97. The standard InChI is InChI=1S/C9H11ClN2O4S/c1-16-9(13)3-5-12-17(14,15)8-6-11-4-2-7(8)10/h2,4,6,12H,3,5H2,1H3. The minimum absolute atomic E-state index is 0.0480. The molecule has 17 heavy (non-hydrogen) atoms. The number of carbonyl (C=O) groups excluding carboxylic acids is 1. The van der Waals surface area contributed by atoms with E-state index in [-0.39, 0.29) is 22.9 Å². The van der Waals surface area contributed by atoms with Gasteiger partial charge in [-0.25, -0.2) is 13.1 Å². The second kappa shape index (κ2) is 5.95. The molecule has 0 aliphatic rings. The van der Waals surface area contributed by atoms with Crippen molar-refractivity contribution in [2.75, 3.05) is 13.7 Å². The van der Waals surface area contributed by atoms with Gasteiger partial charge in [0.25, 0.3) is 0 Å². The molecule has 0 amide bonds. The maximum Gasteiger partial charge on any atom is 0.306 e. The predicted octanol–water partition coefficient (Wildman–Crippen LogP) is 0.576. The topological polar surface area (TPSA) is 85.4 Å². The van der Waals surface area contributed by atoms with Gasteiger partial charge < -0.3 is 4.74 Å². The highest BCUT2D eigenvalue weighted by Gasteiger charge is 2.17. The maximum atomic E-state index is 11.7. The fraction of sp³-hybridized carbons (Fsp3) is 0.333. The molecule has 0 aliphatic heterocycles. The van der Waals surface area contributed by atoms with E-state index in [2.05, 4.69) is 14.4 Å². The number of sulfonamides is 1. The molecule has 6 nitrogen and oxygen atoms in total. The highest BCUT2D eigenvalue weighted by molar-refractivity contribution is 7.89. The normalized spacial score (nSPS) is 11.2. The van der Waals surface area contributed by atoms with Crippen LogP contribution < -0.4 is 4.72 Å². The van der Waals surface area contributed by atoms with Gasteiger partial charge in [0.15, 0.2) is 0 Å². The van der Waals surface area contributed by atoms with Crippen LogP contribution >= 0.6 is 11.6 Å². The number of esters is 1. The van der Waals surface area contributed by atoms with E-state index < -0.39 is 16.0 Å². The molecule has 0 fully saturated rings. The SMILES string of the molecule is COC(=O)CCNS(=O)(=O)c1cnccc1Cl. The van der Waals surface area contributed by atoms with Gasteiger partial charge in [-0.2, -0.15) is 0 Å². The maximum absolute atomic E-state index is 11.7. The van der Waals surface area contributed by atoms with E-state index in [1.54, 1.807) is 0 Å². The molecule has 94 valence electrons. The number of nitrogens with one attached hydrogen (secondary N) is 1. The molecule has 8 heteroatoms. The van der Waals surface area contributed by atoms with Crippen LogP contribution in [0.4, 0.5) is 0 Å².